The highest BCUT2D eigenvalue weighted by molar-refractivity contribution is 14.1. The molecule has 0 aromatic heterocycles. The lowest BCUT2D eigenvalue weighted by atomic mass is 10.1. The number of hydrogen-bond donors (Lipinski definition) is 1. The number of rotatable bonds is 2. The van der Waals surface area contributed by atoms with Gasteiger partial charge in [0.2, 0.25) is 0 Å². The third-order valence-corrected chi connectivity index (χ3v) is 4.49. The van der Waals surface area contributed by atoms with Crippen LogP contribution >= 0.6 is 34.2 Å². The van der Waals surface area contributed by atoms with Gasteiger partial charge in [-0.15, -0.1) is 0 Å². The molecule has 1 unspecified atom stereocenters. The topological polar surface area (TPSA) is 41.6 Å². The fourth-order valence-electron chi connectivity index (χ4n) is 2.41. The Morgan fingerprint density at radius 1 is 1.45 bits per heavy atom. The number of piperidine rings is 1. The molecule has 0 bridgehead atoms. The van der Waals surface area contributed by atoms with Crippen LogP contribution in [-0.2, 0) is 4.74 Å². The first kappa shape index (κ1) is 17.7. The number of anilines is 1. The number of nitrogens with one attached hydrogen (secondary N) is 1. The minimum atomic E-state index is -0.455. The summed E-state index contributed by atoms with van der Waals surface area (Å²) in [6.07, 6.45) is 1.78. The zero-order valence-corrected chi connectivity index (χ0v) is 16.1. The molecular weight excluding hydrogens is 415 g/mol. The Bertz CT molecular complexity index is 545. The quantitative estimate of drug-likeness (QED) is 0.680. The maximum Gasteiger partial charge on any atom is 0.410 e. The largest absolute Gasteiger partial charge is 0.444 e. The molecule has 1 fully saturated rings. The number of amides is 1. The average Bonchev–Trinajstić information content (AvgIpc) is 2.40. The SMILES string of the molecule is CC(C)(C)OC(=O)N1CCCC(Nc2ccc(Cl)cc2I)C1. The number of benzene rings is 1. The van der Waals surface area contributed by atoms with Gasteiger partial charge in [0, 0.05) is 33.4 Å². The molecule has 1 atom stereocenters. The van der Waals surface area contributed by atoms with Crippen LogP contribution in [0.5, 0.6) is 0 Å². The van der Waals surface area contributed by atoms with Gasteiger partial charge in [0.25, 0.3) is 0 Å². The smallest absolute Gasteiger partial charge is 0.410 e. The highest BCUT2D eigenvalue weighted by Crippen LogP contribution is 2.25. The summed E-state index contributed by atoms with van der Waals surface area (Å²) >= 11 is 8.25. The van der Waals surface area contributed by atoms with Gasteiger partial charge in [-0.3, -0.25) is 0 Å². The van der Waals surface area contributed by atoms with Gasteiger partial charge in [0.05, 0.1) is 0 Å². The molecule has 1 aliphatic heterocycles. The van der Waals surface area contributed by atoms with Crippen LogP contribution in [-0.4, -0.2) is 35.7 Å². The third kappa shape index (κ3) is 5.19. The first-order chi connectivity index (χ1) is 10.2. The molecule has 1 heterocycles. The molecule has 0 aliphatic carbocycles. The molecule has 122 valence electrons. The van der Waals surface area contributed by atoms with E-state index in [1.54, 1.807) is 4.90 Å². The molecule has 0 saturated carbocycles. The predicted octanol–water partition coefficient (Wildman–Crippen LogP) is 4.76. The Hall–Kier alpha value is -0.690. The van der Waals surface area contributed by atoms with Crippen molar-refractivity contribution in [1.82, 2.24) is 4.90 Å². The maximum absolute atomic E-state index is 12.2. The van der Waals surface area contributed by atoms with Gasteiger partial charge in [-0.2, -0.15) is 0 Å². The molecule has 6 heteroatoms. The van der Waals surface area contributed by atoms with Crippen LogP contribution in [0, 0.1) is 3.57 Å². The molecule has 1 amide bonds. The molecule has 22 heavy (non-hydrogen) atoms. The number of likely N-dealkylation sites (tertiary alicyclic amines) is 1. The molecule has 0 spiro atoms. The summed E-state index contributed by atoms with van der Waals surface area (Å²) in [6.45, 7) is 7.08. The van der Waals surface area contributed by atoms with Gasteiger partial charge in [-0.05, 0) is 74.4 Å². The van der Waals surface area contributed by atoms with Gasteiger partial charge in [-0.1, -0.05) is 11.6 Å². The normalized spacial score (nSPS) is 19.0. The van der Waals surface area contributed by atoms with Gasteiger partial charge in [0.15, 0.2) is 0 Å². The maximum atomic E-state index is 12.2. The van der Waals surface area contributed by atoms with Crippen LogP contribution in [0.15, 0.2) is 18.2 Å². The molecular formula is C16H22ClIN2O2. The van der Waals surface area contributed by atoms with Crippen molar-refractivity contribution in [2.75, 3.05) is 18.4 Å². The van der Waals surface area contributed by atoms with Gasteiger partial charge >= 0.3 is 6.09 Å². The van der Waals surface area contributed by atoms with Crippen LogP contribution in [0.1, 0.15) is 33.6 Å². The highest BCUT2D eigenvalue weighted by atomic mass is 127. The second-order valence-corrected chi connectivity index (χ2v) is 8.13. The Morgan fingerprint density at radius 3 is 2.82 bits per heavy atom. The van der Waals surface area contributed by atoms with Crippen LogP contribution in [0.4, 0.5) is 10.5 Å². The summed E-state index contributed by atoms with van der Waals surface area (Å²) in [5.74, 6) is 0. The van der Waals surface area contributed by atoms with E-state index in [0.29, 0.717) is 6.54 Å². The van der Waals surface area contributed by atoms with Gasteiger partial charge in [-0.25, -0.2) is 4.79 Å². The van der Waals surface area contributed by atoms with E-state index in [4.69, 9.17) is 16.3 Å². The van der Waals surface area contributed by atoms with Crippen molar-refractivity contribution in [3.8, 4) is 0 Å². The van der Waals surface area contributed by atoms with Crippen LogP contribution in [0.25, 0.3) is 0 Å². The van der Waals surface area contributed by atoms with E-state index in [2.05, 4.69) is 27.9 Å². The summed E-state index contributed by atoms with van der Waals surface area (Å²) in [5.41, 5.74) is 0.601. The molecule has 1 aliphatic rings. The van der Waals surface area contributed by atoms with E-state index in [-0.39, 0.29) is 12.1 Å². The lowest BCUT2D eigenvalue weighted by Crippen LogP contribution is -2.47. The summed E-state index contributed by atoms with van der Waals surface area (Å²) in [7, 11) is 0. The Labute approximate surface area is 150 Å². The van der Waals surface area contributed by atoms with Crippen molar-refractivity contribution in [2.45, 2.75) is 45.3 Å². The second-order valence-electron chi connectivity index (χ2n) is 6.53. The Kier molecular flexibility index (Phi) is 5.82. The lowest BCUT2D eigenvalue weighted by Gasteiger charge is -2.35. The van der Waals surface area contributed by atoms with E-state index in [9.17, 15) is 4.79 Å². The van der Waals surface area contributed by atoms with Crippen molar-refractivity contribution in [3.63, 3.8) is 0 Å². The molecule has 2 rings (SSSR count). The summed E-state index contributed by atoms with van der Waals surface area (Å²) in [6, 6.07) is 6.02. The minimum Gasteiger partial charge on any atom is -0.444 e. The van der Waals surface area contributed by atoms with E-state index in [0.717, 1.165) is 33.7 Å². The molecule has 1 aromatic rings. The first-order valence-corrected chi connectivity index (χ1v) is 8.90. The van der Waals surface area contributed by atoms with Crippen LogP contribution in [0.3, 0.4) is 0 Å². The number of carbonyl (C=O) groups excluding carboxylic acids is 1. The number of hydrogen-bond acceptors (Lipinski definition) is 3. The van der Waals surface area contributed by atoms with E-state index < -0.39 is 5.60 Å². The Morgan fingerprint density at radius 2 is 2.18 bits per heavy atom. The minimum absolute atomic E-state index is 0.232. The number of carbonyl (C=O) groups is 1. The molecule has 1 N–H and O–H groups in total. The van der Waals surface area contributed by atoms with Crippen molar-refractivity contribution in [2.24, 2.45) is 0 Å². The van der Waals surface area contributed by atoms with E-state index >= 15 is 0 Å². The zero-order chi connectivity index (χ0) is 16.3. The zero-order valence-electron chi connectivity index (χ0n) is 13.2. The van der Waals surface area contributed by atoms with Crippen LogP contribution < -0.4 is 5.32 Å². The fourth-order valence-corrected chi connectivity index (χ4v) is 3.44. The fraction of sp³-hybridized carbons (Fsp3) is 0.562. The van der Waals surface area contributed by atoms with Gasteiger partial charge in [0.1, 0.15) is 5.60 Å². The van der Waals surface area contributed by atoms with Crippen molar-refractivity contribution in [1.29, 1.82) is 0 Å². The third-order valence-electron chi connectivity index (χ3n) is 3.36. The standard InChI is InChI=1S/C16H22ClIN2O2/c1-16(2,3)22-15(21)20-8-4-5-12(10-20)19-14-7-6-11(17)9-13(14)18/h6-7,9,12,19H,4-5,8,10H2,1-3H3. The van der Waals surface area contributed by atoms with Crippen molar-refractivity contribution in [3.05, 3.63) is 26.8 Å². The Balaban J connectivity index is 1.97. The summed E-state index contributed by atoms with van der Waals surface area (Å²) in [4.78, 5) is 14.0. The molecule has 0 radical (unpaired) electrons. The number of halogens is 2. The molecule has 1 aromatic carbocycles. The monoisotopic (exact) mass is 436 g/mol. The van der Waals surface area contributed by atoms with Crippen molar-refractivity contribution < 1.29 is 9.53 Å². The van der Waals surface area contributed by atoms with Crippen LogP contribution in [0.2, 0.25) is 5.02 Å². The number of nitrogens with zero attached hydrogens (tertiary/aromatic N) is 1. The average molecular weight is 437 g/mol. The highest BCUT2D eigenvalue weighted by Gasteiger charge is 2.27. The lowest BCUT2D eigenvalue weighted by molar-refractivity contribution is 0.0206. The first-order valence-electron chi connectivity index (χ1n) is 7.44. The number of ether oxygens (including phenoxy) is 1. The molecule has 1 saturated heterocycles. The second kappa shape index (κ2) is 7.25. The predicted molar refractivity (Wildman–Crippen MR) is 98.6 cm³/mol. The van der Waals surface area contributed by atoms with E-state index in [1.807, 2.05) is 39.0 Å². The summed E-state index contributed by atoms with van der Waals surface area (Å²) < 4.78 is 6.54. The van der Waals surface area contributed by atoms with Gasteiger partial charge < -0.3 is 15.0 Å². The molecule has 4 nitrogen and oxygen atoms in total. The van der Waals surface area contributed by atoms with E-state index in [1.165, 1.54) is 0 Å². The van der Waals surface area contributed by atoms with Crippen molar-refractivity contribution >= 4 is 46.0 Å². The summed E-state index contributed by atoms with van der Waals surface area (Å²) in [5, 5.41) is 4.24.